The van der Waals surface area contributed by atoms with E-state index in [1.54, 1.807) is 6.07 Å². The molecule has 0 bridgehead atoms. The van der Waals surface area contributed by atoms with Gasteiger partial charge in [-0.3, -0.25) is 14.7 Å². The Bertz CT molecular complexity index is 1140. The summed E-state index contributed by atoms with van der Waals surface area (Å²) in [4.78, 5) is 24.6. The molecule has 1 aromatic heterocycles. The lowest BCUT2D eigenvalue weighted by Gasteiger charge is -2.16. The molecule has 6 nitrogen and oxygen atoms in total. The molecule has 1 unspecified atom stereocenters. The summed E-state index contributed by atoms with van der Waals surface area (Å²) in [6, 6.07) is 10.4. The van der Waals surface area contributed by atoms with Crippen molar-refractivity contribution in [1.82, 2.24) is 15.5 Å². The molecule has 34 heavy (non-hydrogen) atoms. The Balaban J connectivity index is 1.64. The highest BCUT2D eigenvalue weighted by molar-refractivity contribution is 5.96. The largest absolute Gasteiger partial charge is 0.416 e. The number of benzene rings is 2. The van der Waals surface area contributed by atoms with Gasteiger partial charge in [-0.05, 0) is 36.2 Å². The first kappa shape index (κ1) is 24.8. The zero-order valence-electron chi connectivity index (χ0n) is 17.5. The maximum atomic E-state index is 13.0. The number of carbonyl (C=O) groups is 2. The number of aromatic nitrogens is 2. The Morgan fingerprint density at radius 3 is 2.09 bits per heavy atom. The molecular weight excluding hydrogens is 466 g/mol. The number of aromatic amines is 1. The van der Waals surface area contributed by atoms with Crippen molar-refractivity contribution in [1.29, 1.82) is 0 Å². The van der Waals surface area contributed by atoms with Crippen LogP contribution in [0, 0.1) is 0 Å². The van der Waals surface area contributed by atoms with E-state index in [9.17, 15) is 35.9 Å². The molecule has 3 rings (SSSR count). The van der Waals surface area contributed by atoms with E-state index >= 15 is 0 Å². The smallest absolute Gasteiger partial charge is 0.344 e. The summed E-state index contributed by atoms with van der Waals surface area (Å²) < 4.78 is 77.9. The Kier molecular flexibility index (Phi) is 6.99. The number of hydrogen-bond acceptors (Lipinski definition) is 3. The first-order valence-electron chi connectivity index (χ1n) is 9.82. The second-order valence-electron chi connectivity index (χ2n) is 7.40. The topological polar surface area (TPSA) is 86.9 Å². The molecule has 0 spiro atoms. The number of anilines is 1. The molecule has 0 aliphatic heterocycles. The van der Waals surface area contributed by atoms with E-state index < -0.39 is 53.3 Å². The summed E-state index contributed by atoms with van der Waals surface area (Å²) in [7, 11) is 0. The summed E-state index contributed by atoms with van der Waals surface area (Å²) in [5, 5.41) is 11.4. The molecule has 1 heterocycles. The predicted octanol–water partition coefficient (Wildman–Crippen LogP) is 4.80. The molecule has 180 valence electrons. The van der Waals surface area contributed by atoms with Gasteiger partial charge in [0.05, 0.1) is 23.2 Å². The SMILES string of the molecule is CC(NC(=O)Cc1cc(C(F)(F)F)cc(C(F)(F)F)c1)C(=O)Nc1cc(-c2ccccc2)[nH]n1. The lowest BCUT2D eigenvalue weighted by molar-refractivity contribution is -0.143. The number of hydrogen-bond donors (Lipinski definition) is 3. The van der Waals surface area contributed by atoms with E-state index in [-0.39, 0.29) is 11.9 Å². The molecule has 3 N–H and O–H groups in total. The van der Waals surface area contributed by atoms with Gasteiger partial charge < -0.3 is 10.6 Å². The van der Waals surface area contributed by atoms with Gasteiger partial charge >= 0.3 is 12.4 Å². The van der Waals surface area contributed by atoms with E-state index in [0.29, 0.717) is 17.8 Å². The highest BCUT2D eigenvalue weighted by atomic mass is 19.4. The summed E-state index contributed by atoms with van der Waals surface area (Å²) >= 11 is 0. The molecule has 0 aliphatic rings. The van der Waals surface area contributed by atoms with Crippen LogP contribution in [-0.2, 0) is 28.4 Å². The highest BCUT2D eigenvalue weighted by Crippen LogP contribution is 2.36. The molecule has 0 fully saturated rings. The number of carbonyl (C=O) groups excluding carboxylic acids is 2. The molecule has 12 heteroatoms. The van der Waals surface area contributed by atoms with Gasteiger partial charge in [0, 0.05) is 6.07 Å². The van der Waals surface area contributed by atoms with Crippen LogP contribution in [0.3, 0.4) is 0 Å². The molecular formula is C22H18F6N4O2. The zero-order chi connectivity index (χ0) is 25.1. The van der Waals surface area contributed by atoms with Crippen LogP contribution in [-0.4, -0.2) is 28.1 Å². The quantitative estimate of drug-likeness (QED) is 0.440. The fourth-order valence-electron chi connectivity index (χ4n) is 3.05. The third kappa shape index (κ3) is 6.36. The van der Waals surface area contributed by atoms with Crippen molar-refractivity contribution in [3.8, 4) is 11.3 Å². The number of H-pyrrole nitrogens is 1. The standard InChI is InChI=1S/C22H18F6N4O2/c1-12(20(34)30-18-11-17(31-32-18)14-5-3-2-4-6-14)29-19(33)9-13-7-15(21(23,24)25)10-16(8-13)22(26,27)28/h2-8,10-12H,9H2,1H3,(H,29,33)(H2,30,31,32,34). The van der Waals surface area contributed by atoms with E-state index in [2.05, 4.69) is 20.8 Å². The van der Waals surface area contributed by atoms with Crippen molar-refractivity contribution in [3.05, 3.63) is 71.3 Å². The van der Waals surface area contributed by atoms with E-state index in [1.807, 2.05) is 30.3 Å². The first-order valence-corrected chi connectivity index (χ1v) is 9.82. The second-order valence-corrected chi connectivity index (χ2v) is 7.40. The number of nitrogens with one attached hydrogen (secondary N) is 3. The molecule has 3 aromatic rings. The summed E-state index contributed by atoms with van der Waals surface area (Å²) in [5.74, 6) is -1.45. The maximum Gasteiger partial charge on any atom is 0.416 e. The summed E-state index contributed by atoms with van der Waals surface area (Å²) in [6.45, 7) is 1.31. The van der Waals surface area contributed by atoms with Gasteiger partial charge in [-0.2, -0.15) is 31.4 Å². The van der Waals surface area contributed by atoms with Gasteiger partial charge in [0.1, 0.15) is 6.04 Å². The minimum absolute atomic E-state index is 0.0228. The Morgan fingerprint density at radius 2 is 1.53 bits per heavy atom. The lowest BCUT2D eigenvalue weighted by atomic mass is 10.0. The van der Waals surface area contributed by atoms with Crippen molar-refractivity contribution >= 4 is 17.6 Å². The number of alkyl halides is 6. The molecule has 2 amide bonds. The molecule has 1 atom stereocenters. The summed E-state index contributed by atoms with van der Waals surface area (Å²) in [6.07, 6.45) is -10.8. The van der Waals surface area contributed by atoms with Crippen molar-refractivity contribution in [2.75, 3.05) is 5.32 Å². The fourth-order valence-corrected chi connectivity index (χ4v) is 3.05. The van der Waals surface area contributed by atoms with Gasteiger partial charge in [-0.15, -0.1) is 0 Å². The van der Waals surface area contributed by atoms with Crippen LogP contribution >= 0.6 is 0 Å². The van der Waals surface area contributed by atoms with Gasteiger partial charge in [0.15, 0.2) is 5.82 Å². The number of halogens is 6. The molecule has 0 radical (unpaired) electrons. The van der Waals surface area contributed by atoms with Crippen molar-refractivity contribution in [3.63, 3.8) is 0 Å². The fraction of sp³-hybridized carbons (Fsp3) is 0.227. The van der Waals surface area contributed by atoms with Crippen molar-refractivity contribution in [2.24, 2.45) is 0 Å². The van der Waals surface area contributed by atoms with Gasteiger partial charge in [-0.1, -0.05) is 30.3 Å². The Hall–Kier alpha value is -3.83. The van der Waals surface area contributed by atoms with Gasteiger partial charge in [0.25, 0.3) is 0 Å². The Labute approximate surface area is 189 Å². The first-order chi connectivity index (χ1) is 15.8. The normalized spacial score (nSPS) is 12.8. The molecule has 0 aliphatic carbocycles. The third-order valence-electron chi connectivity index (χ3n) is 4.70. The maximum absolute atomic E-state index is 13.0. The number of nitrogens with zero attached hydrogens (tertiary/aromatic N) is 1. The highest BCUT2D eigenvalue weighted by Gasteiger charge is 2.37. The number of amides is 2. The minimum Gasteiger partial charge on any atom is -0.344 e. The van der Waals surface area contributed by atoms with E-state index in [4.69, 9.17) is 0 Å². The average Bonchev–Trinajstić information content (AvgIpc) is 3.21. The molecule has 0 saturated carbocycles. The van der Waals surface area contributed by atoms with Crippen LogP contribution in [0.4, 0.5) is 32.2 Å². The second kappa shape index (κ2) is 9.57. The van der Waals surface area contributed by atoms with Crippen LogP contribution in [0.25, 0.3) is 11.3 Å². The van der Waals surface area contributed by atoms with Crippen LogP contribution < -0.4 is 10.6 Å². The van der Waals surface area contributed by atoms with Crippen molar-refractivity contribution in [2.45, 2.75) is 31.7 Å². The van der Waals surface area contributed by atoms with Crippen LogP contribution in [0.5, 0.6) is 0 Å². The minimum atomic E-state index is -5.03. The monoisotopic (exact) mass is 484 g/mol. The van der Waals surface area contributed by atoms with Gasteiger partial charge in [0.2, 0.25) is 11.8 Å². The molecule has 0 saturated heterocycles. The number of rotatable bonds is 6. The Morgan fingerprint density at radius 1 is 0.941 bits per heavy atom. The van der Waals surface area contributed by atoms with Crippen LogP contribution in [0.1, 0.15) is 23.6 Å². The third-order valence-corrected chi connectivity index (χ3v) is 4.70. The van der Waals surface area contributed by atoms with E-state index in [1.165, 1.54) is 6.92 Å². The van der Waals surface area contributed by atoms with Crippen LogP contribution in [0.15, 0.2) is 54.6 Å². The molecule has 2 aromatic carbocycles. The van der Waals surface area contributed by atoms with Crippen molar-refractivity contribution < 1.29 is 35.9 Å². The van der Waals surface area contributed by atoms with Crippen LogP contribution in [0.2, 0.25) is 0 Å². The van der Waals surface area contributed by atoms with E-state index in [0.717, 1.165) is 5.56 Å². The summed E-state index contributed by atoms with van der Waals surface area (Å²) in [5.41, 5.74) is -2.10. The van der Waals surface area contributed by atoms with Gasteiger partial charge in [-0.25, -0.2) is 0 Å². The predicted molar refractivity (Wildman–Crippen MR) is 110 cm³/mol. The lowest BCUT2D eigenvalue weighted by Crippen LogP contribution is -2.42. The zero-order valence-corrected chi connectivity index (χ0v) is 17.5. The average molecular weight is 484 g/mol.